The van der Waals surface area contributed by atoms with E-state index in [1.165, 1.54) is 18.2 Å². The number of piperidine rings is 1. The number of anilines is 2. The molecule has 0 saturated carbocycles. The third-order valence-electron chi connectivity index (χ3n) is 2.63. The summed E-state index contributed by atoms with van der Waals surface area (Å²) < 4.78 is 13.0. The molecule has 16 heavy (non-hydrogen) atoms. The molecule has 0 aliphatic carbocycles. The van der Waals surface area contributed by atoms with Crippen LogP contribution in [0.5, 0.6) is 0 Å². The first-order chi connectivity index (χ1) is 7.66. The molecule has 5 heteroatoms. The van der Waals surface area contributed by atoms with E-state index in [0.717, 1.165) is 12.8 Å². The van der Waals surface area contributed by atoms with Crippen LogP contribution in [0, 0.1) is 5.82 Å². The highest BCUT2D eigenvalue weighted by molar-refractivity contribution is 5.86. The molecular weight excluding hydrogens is 209 g/mol. The van der Waals surface area contributed by atoms with Gasteiger partial charge in [-0.25, -0.2) is 4.39 Å². The summed E-state index contributed by atoms with van der Waals surface area (Å²) in [6, 6.07) is 3.76. The Hall–Kier alpha value is -1.78. The van der Waals surface area contributed by atoms with Gasteiger partial charge in [0, 0.05) is 6.54 Å². The molecule has 1 aromatic rings. The van der Waals surface area contributed by atoms with Gasteiger partial charge in [0.2, 0.25) is 5.91 Å². The van der Waals surface area contributed by atoms with E-state index in [-0.39, 0.29) is 17.8 Å². The lowest BCUT2D eigenvalue weighted by Crippen LogP contribution is -2.44. The van der Waals surface area contributed by atoms with Gasteiger partial charge in [-0.3, -0.25) is 4.79 Å². The number of nitrogens with two attached hydrogens (primary N) is 1. The number of nitrogens with one attached hydrogen (secondary N) is 2. The number of rotatable bonds is 2. The molecule has 1 heterocycles. The van der Waals surface area contributed by atoms with Crippen molar-refractivity contribution in [2.24, 2.45) is 0 Å². The van der Waals surface area contributed by atoms with Gasteiger partial charge in [-0.1, -0.05) is 0 Å². The fraction of sp³-hybridized carbons (Fsp3) is 0.364. The van der Waals surface area contributed by atoms with Crippen LogP contribution in [0.25, 0.3) is 0 Å². The van der Waals surface area contributed by atoms with E-state index in [1.54, 1.807) is 0 Å². The number of nitrogen functional groups attached to an aromatic ring is 1. The van der Waals surface area contributed by atoms with Crippen LogP contribution in [0.15, 0.2) is 18.2 Å². The van der Waals surface area contributed by atoms with E-state index in [0.29, 0.717) is 17.9 Å². The summed E-state index contributed by atoms with van der Waals surface area (Å²) in [5, 5.41) is 5.71. The number of hydrogen-bond acceptors (Lipinski definition) is 3. The number of benzene rings is 1. The second-order valence-corrected chi connectivity index (χ2v) is 3.86. The van der Waals surface area contributed by atoms with Crippen LogP contribution in [0.2, 0.25) is 0 Å². The van der Waals surface area contributed by atoms with Crippen molar-refractivity contribution < 1.29 is 9.18 Å². The molecule has 4 N–H and O–H groups in total. The van der Waals surface area contributed by atoms with Crippen LogP contribution in [0.1, 0.15) is 12.8 Å². The molecular formula is C11H14FN3O. The minimum atomic E-state index is -0.368. The lowest BCUT2D eigenvalue weighted by atomic mass is 10.1. The first-order valence-electron chi connectivity index (χ1n) is 5.26. The molecule has 0 radical (unpaired) electrons. The fourth-order valence-electron chi connectivity index (χ4n) is 1.75. The molecule has 1 saturated heterocycles. The highest BCUT2D eigenvalue weighted by Gasteiger charge is 2.22. The van der Waals surface area contributed by atoms with Crippen LogP contribution in [0.3, 0.4) is 0 Å². The summed E-state index contributed by atoms with van der Waals surface area (Å²) in [5.74, 6) is -0.428. The molecule has 1 aromatic carbocycles. The van der Waals surface area contributed by atoms with Gasteiger partial charge in [-0.05, 0) is 31.0 Å². The predicted octanol–water partition coefficient (Wildman–Crippen LogP) is 1.10. The first-order valence-corrected chi connectivity index (χ1v) is 5.26. The molecule has 4 nitrogen and oxygen atoms in total. The van der Waals surface area contributed by atoms with Crippen LogP contribution in [-0.4, -0.2) is 18.5 Å². The maximum atomic E-state index is 13.0. The quantitative estimate of drug-likeness (QED) is 0.658. The molecule has 1 amide bonds. The predicted molar refractivity (Wildman–Crippen MR) is 60.5 cm³/mol. The molecule has 1 unspecified atom stereocenters. The van der Waals surface area contributed by atoms with Crippen molar-refractivity contribution in [3.8, 4) is 0 Å². The van der Waals surface area contributed by atoms with E-state index in [9.17, 15) is 9.18 Å². The third-order valence-corrected chi connectivity index (χ3v) is 2.63. The van der Waals surface area contributed by atoms with Crippen molar-refractivity contribution >= 4 is 17.3 Å². The largest absolute Gasteiger partial charge is 0.397 e. The standard InChI is InChI=1S/C11H14FN3O/c12-7-3-4-8(13)10(6-7)15-9-2-1-5-14-11(9)16/h3-4,6,9,15H,1-2,5,13H2,(H,14,16). The van der Waals surface area contributed by atoms with E-state index in [1.807, 2.05) is 0 Å². The maximum Gasteiger partial charge on any atom is 0.242 e. The highest BCUT2D eigenvalue weighted by atomic mass is 19.1. The Kier molecular flexibility index (Phi) is 2.94. The number of amides is 1. The van der Waals surface area contributed by atoms with Gasteiger partial charge in [0.05, 0.1) is 11.4 Å². The molecule has 1 atom stereocenters. The van der Waals surface area contributed by atoms with Gasteiger partial charge in [-0.2, -0.15) is 0 Å². The Morgan fingerprint density at radius 2 is 2.31 bits per heavy atom. The summed E-state index contributed by atoms with van der Waals surface area (Å²) in [4.78, 5) is 11.5. The molecule has 86 valence electrons. The Balaban J connectivity index is 2.13. The Bertz CT molecular complexity index is 408. The lowest BCUT2D eigenvalue weighted by molar-refractivity contribution is -0.123. The Labute approximate surface area is 93.0 Å². The van der Waals surface area contributed by atoms with Crippen molar-refractivity contribution in [1.82, 2.24) is 5.32 Å². The normalized spacial score (nSPS) is 20.3. The van der Waals surface area contributed by atoms with Gasteiger partial charge in [0.25, 0.3) is 0 Å². The maximum absolute atomic E-state index is 13.0. The molecule has 2 rings (SSSR count). The number of carbonyl (C=O) groups excluding carboxylic acids is 1. The van der Waals surface area contributed by atoms with Crippen LogP contribution < -0.4 is 16.4 Å². The van der Waals surface area contributed by atoms with Gasteiger partial charge in [0.1, 0.15) is 11.9 Å². The summed E-state index contributed by atoms with van der Waals surface area (Å²) in [6.45, 7) is 0.704. The van der Waals surface area contributed by atoms with Gasteiger partial charge < -0.3 is 16.4 Å². The molecule has 0 bridgehead atoms. The van der Waals surface area contributed by atoms with Gasteiger partial charge >= 0.3 is 0 Å². The van der Waals surface area contributed by atoms with Crippen molar-refractivity contribution in [2.45, 2.75) is 18.9 Å². The molecule has 1 fully saturated rings. The lowest BCUT2D eigenvalue weighted by Gasteiger charge is -2.24. The summed E-state index contributed by atoms with van der Waals surface area (Å²) in [5.41, 5.74) is 6.61. The summed E-state index contributed by atoms with van der Waals surface area (Å²) in [7, 11) is 0. The zero-order valence-electron chi connectivity index (χ0n) is 8.79. The third kappa shape index (κ3) is 2.24. The monoisotopic (exact) mass is 223 g/mol. The topological polar surface area (TPSA) is 67.2 Å². The van der Waals surface area contributed by atoms with E-state index >= 15 is 0 Å². The SMILES string of the molecule is Nc1ccc(F)cc1NC1CCCNC1=O. The van der Waals surface area contributed by atoms with Gasteiger partial charge in [-0.15, -0.1) is 0 Å². The van der Waals surface area contributed by atoms with E-state index in [4.69, 9.17) is 5.73 Å². The zero-order valence-corrected chi connectivity index (χ0v) is 8.79. The number of halogens is 1. The Morgan fingerprint density at radius 3 is 3.06 bits per heavy atom. The second-order valence-electron chi connectivity index (χ2n) is 3.86. The average Bonchev–Trinajstić information content (AvgIpc) is 2.27. The van der Waals surface area contributed by atoms with E-state index in [2.05, 4.69) is 10.6 Å². The summed E-state index contributed by atoms with van der Waals surface area (Å²) in [6.07, 6.45) is 1.65. The number of hydrogen-bond donors (Lipinski definition) is 3. The van der Waals surface area contributed by atoms with Crippen molar-refractivity contribution in [2.75, 3.05) is 17.6 Å². The van der Waals surface area contributed by atoms with Crippen molar-refractivity contribution in [1.29, 1.82) is 0 Å². The molecule has 0 aromatic heterocycles. The van der Waals surface area contributed by atoms with Gasteiger partial charge in [0.15, 0.2) is 0 Å². The first kappa shape index (κ1) is 10.7. The zero-order chi connectivity index (χ0) is 11.5. The minimum Gasteiger partial charge on any atom is -0.397 e. The fourth-order valence-corrected chi connectivity index (χ4v) is 1.75. The molecule has 1 aliphatic rings. The molecule has 0 spiro atoms. The second kappa shape index (κ2) is 4.38. The minimum absolute atomic E-state index is 0.0603. The van der Waals surface area contributed by atoms with Crippen LogP contribution >= 0.6 is 0 Å². The van der Waals surface area contributed by atoms with Crippen molar-refractivity contribution in [3.05, 3.63) is 24.0 Å². The average molecular weight is 223 g/mol. The smallest absolute Gasteiger partial charge is 0.242 e. The van der Waals surface area contributed by atoms with E-state index < -0.39 is 0 Å². The Morgan fingerprint density at radius 1 is 1.50 bits per heavy atom. The number of carbonyl (C=O) groups is 1. The summed E-state index contributed by atoms with van der Waals surface area (Å²) >= 11 is 0. The molecule has 1 aliphatic heterocycles. The highest BCUT2D eigenvalue weighted by Crippen LogP contribution is 2.21. The van der Waals surface area contributed by atoms with Crippen molar-refractivity contribution in [3.63, 3.8) is 0 Å². The van der Waals surface area contributed by atoms with Crippen LogP contribution in [-0.2, 0) is 4.79 Å². The van der Waals surface area contributed by atoms with Crippen LogP contribution in [0.4, 0.5) is 15.8 Å².